The summed E-state index contributed by atoms with van der Waals surface area (Å²) in [6.07, 6.45) is -5.54. The molecule has 0 spiro atoms. The van der Waals surface area contributed by atoms with Gasteiger partial charge in [-0.25, -0.2) is 0 Å². The number of halogens is 3. The molecule has 0 radical (unpaired) electrons. The fourth-order valence-corrected chi connectivity index (χ4v) is 2.94. The summed E-state index contributed by atoms with van der Waals surface area (Å²) in [5.41, 5.74) is -0.0265. The fourth-order valence-electron chi connectivity index (χ4n) is 2.28. The average Bonchev–Trinajstić information content (AvgIpc) is 3.00. The van der Waals surface area contributed by atoms with Gasteiger partial charge in [-0.1, -0.05) is 12.1 Å². The van der Waals surface area contributed by atoms with Crippen LogP contribution in [0.3, 0.4) is 0 Å². The lowest BCUT2D eigenvalue weighted by molar-refractivity contribution is -0.137. The predicted molar refractivity (Wildman–Crippen MR) is 94.3 cm³/mol. The van der Waals surface area contributed by atoms with Crippen LogP contribution in [0.2, 0.25) is 0 Å². The minimum Gasteiger partial charge on any atom is -0.392 e. The lowest BCUT2D eigenvalue weighted by Crippen LogP contribution is -2.36. The third-order valence-corrected chi connectivity index (χ3v) is 4.16. The molecule has 0 aliphatic heterocycles. The van der Waals surface area contributed by atoms with Crippen molar-refractivity contribution < 1.29 is 23.4 Å². The van der Waals surface area contributed by atoms with Crippen LogP contribution in [-0.2, 0) is 12.7 Å². The molecule has 144 valence electrons. The second kappa shape index (κ2) is 8.65. The van der Waals surface area contributed by atoms with Gasteiger partial charge in [0.05, 0.1) is 17.8 Å². The summed E-state index contributed by atoms with van der Waals surface area (Å²) in [7, 11) is 0. The second-order valence-corrected chi connectivity index (χ2v) is 6.78. The Morgan fingerprint density at radius 1 is 1.12 bits per heavy atom. The average molecular weight is 390 g/mol. The van der Waals surface area contributed by atoms with Crippen LogP contribution in [0.25, 0.3) is 0 Å². The molecule has 0 aliphatic rings. The number of rotatable bonds is 8. The maximum absolute atomic E-state index is 12.6. The molecule has 1 aromatic carbocycles. The number of benzene rings is 1. The minimum absolute atomic E-state index is 0.279. The standard InChI is InChI=1S/C16H21F3N4O2S/c1-10(24)8-23(9-11(2)25)15-21-14(22-26-15)20-7-12-3-5-13(6-4-12)16(17,18)19/h3-6,10-11,24-25H,7-9H2,1-2H3,(H,20,22). The SMILES string of the molecule is CC(O)CN(CC(C)O)c1nc(NCc2ccc(C(F)(F)F)cc2)ns1. The van der Waals surface area contributed by atoms with Crippen molar-refractivity contribution in [2.24, 2.45) is 0 Å². The maximum Gasteiger partial charge on any atom is 0.416 e. The Hall–Kier alpha value is -1.91. The Balaban J connectivity index is 1.98. The van der Waals surface area contributed by atoms with Crippen molar-refractivity contribution in [2.45, 2.75) is 38.8 Å². The van der Waals surface area contributed by atoms with Gasteiger partial charge in [-0.15, -0.1) is 0 Å². The van der Waals surface area contributed by atoms with E-state index < -0.39 is 23.9 Å². The molecule has 10 heteroatoms. The van der Waals surface area contributed by atoms with Crippen molar-refractivity contribution in [3.05, 3.63) is 35.4 Å². The van der Waals surface area contributed by atoms with E-state index in [1.54, 1.807) is 18.7 Å². The van der Waals surface area contributed by atoms with Gasteiger partial charge in [-0.3, -0.25) is 0 Å². The molecule has 2 aromatic rings. The lowest BCUT2D eigenvalue weighted by Gasteiger charge is -2.23. The van der Waals surface area contributed by atoms with Crippen molar-refractivity contribution in [1.82, 2.24) is 9.36 Å². The van der Waals surface area contributed by atoms with Gasteiger partial charge in [-0.2, -0.15) is 22.5 Å². The van der Waals surface area contributed by atoms with Crippen LogP contribution in [0, 0.1) is 0 Å². The molecule has 0 amide bonds. The largest absolute Gasteiger partial charge is 0.416 e. The summed E-state index contributed by atoms with van der Waals surface area (Å²) < 4.78 is 41.8. The van der Waals surface area contributed by atoms with Crippen molar-refractivity contribution in [3.63, 3.8) is 0 Å². The number of nitrogens with zero attached hydrogens (tertiary/aromatic N) is 3. The van der Waals surface area contributed by atoms with Crippen LogP contribution in [-0.4, -0.2) is 44.9 Å². The lowest BCUT2D eigenvalue weighted by atomic mass is 10.1. The topological polar surface area (TPSA) is 81.5 Å². The maximum atomic E-state index is 12.6. The number of hydrogen-bond acceptors (Lipinski definition) is 7. The Morgan fingerprint density at radius 3 is 2.19 bits per heavy atom. The van der Waals surface area contributed by atoms with Crippen molar-refractivity contribution in [3.8, 4) is 0 Å². The number of hydrogen-bond donors (Lipinski definition) is 3. The van der Waals surface area contributed by atoms with Crippen LogP contribution in [0.5, 0.6) is 0 Å². The Morgan fingerprint density at radius 2 is 1.69 bits per heavy atom. The van der Waals surface area contributed by atoms with Gasteiger partial charge in [0.2, 0.25) is 11.1 Å². The van der Waals surface area contributed by atoms with E-state index >= 15 is 0 Å². The first kappa shape index (κ1) is 20.4. The summed E-state index contributed by atoms with van der Waals surface area (Å²) in [6.45, 7) is 4.16. The first-order chi connectivity index (χ1) is 12.1. The van der Waals surface area contributed by atoms with Crippen LogP contribution < -0.4 is 10.2 Å². The predicted octanol–water partition coefficient (Wildman–Crippen LogP) is 2.74. The van der Waals surface area contributed by atoms with E-state index in [9.17, 15) is 23.4 Å². The van der Waals surface area contributed by atoms with E-state index in [4.69, 9.17) is 0 Å². The molecule has 0 aliphatic carbocycles. The smallest absolute Gasteiger partial charge is 0.392 e. The third kappa shape index (κ3) is 6.11. The summed E-state index contributed by atoms with van der Waals surface area (Å²) in [5, 5.41) is 22.6. The minimum atomic E-state index is -4.35. The van der Waals surface area contributed by atoms with E-state index in [1.807, 2.05) is 0 Å². The normalized spacial score (nSPS) is 14.1. The van der Waals surface area contributed by atoms with E-state index in [0.29, 0.717) is 29.7 Å². The van der Waals surface area contributed by atoms with Gasteiger partial charge in [0, 0.05) is 31.2 Å². The zero-order chi connectivity index (χ0) is 19.3. The van der Waals surface area contributed by atoms with E-state index in [0.717, 1.165) is 23.7 Å². The summed E-state index contributed by atoms with van der Waals surface area (Å²) >= 11 is 1.11. The molecule has 1 heterocycles. The van der Waals surface area contributed by atoms with Gasteiger partial charge in [-0.05, 0) is 31.5 Å². The van der Waals surface area contributed by atoms with Crippen molar-refractivity contribution >= 4 is 22.6 Å². The molecule has 26 heavy (non-hydrogen) atoms. The van der Waals surface area contributed by atoms with Gasteiger partial charge >= 0.3 is 6.18 Å². The van der Waals surface area contributed by atoms with Crippen LogP contribution in [0.15, 0.2) is 24.3 Å². The number of anilines is 2. The molecule has 3 N–H and O–H groups in total. The van der Waals surface area contributed by atoms with Crippen LogP contribution >= 0.6 is 11.5 Å². The second-order valence-electron chi connectivity index (χ2n) is 6.05. The highest BCUT2D eigenvalue weighted by molar-refractivity contribution is 7.09. The Kier molecular flexibility index (Phi) is 6.79. The van der Waals surface area contributed by atoms with E-state index in [2.05, 4.69) is 14.7 Å². The molecule has 0 fully saturated rings. The van der Waals surface area contributed by atoms with E-state index in [1.165, 1.54) is 12.1 Å². The molecule has 2 unspecified atom stereocenters. The highest BCUT2D eigenvalue weighted by Gasteiger charge is 2.29. The summed E-state index contributed by atoms with van der Waals surface area (Å²) in [4.78, 5) is 6.04. The number of nitrogens with one attached hydrogen (secondary N) is 1. The molecule has 1 aromatic heterocycles. The zero-order valence-corrected chi connectivity index (χ0v) is 15.2. The van der Waals surface area contributed by atoms with Gasteiger partial charge in [0.15, 0.2) is 0 Å². The Bertz CT molecular complexity index is 680. The van der Waals surface area contributed by atoms with Gasteiger partial charge in [0.25, 0.3) is 0 Å². The molecule has 2 atom stereocenters. The molecular formula is C16H21F3N4O2S. The number of alkyl halides is 3. The molecular weight excluding hydrogens is 369 g/mol. The summed E-state index contributed by atoms with van der Waals surface area (Å²) in [5.74, 6) is 0.339. The van der Waals surface area contributed by atoms with Crippen LogP contribution in [0.4, 0.5) is 24.3 Å². The molecule has 6 nitrogen and oxygen atoms in total. The van der Waals surface area contributed by atoms with Crippen LogP contribution in [0.1, 0.15) is 25.0 Å². The van der Waals surface area contributed by atoms with Crippen molar-refractivity contribution in [1.29, 1.82) is 0 Å². The van der Waals surface area contributed by atoms with Crippen molar-refractivity contribution in [2.75, 3.05) is 23.3 Å². The highest BCUT2D eigenvalue weighted by Crippen LogP contribution is 2.29. The Labute approximate surface area is 153 Å². The third-order valence-electron chi connectivity index (χ3n) is 3.39. The van der Waals surface area contributed by atoms with Gasteiger partial charge < -0.3 is 20.4 Å². The number of aliphatic hydroxyl groups is 2. The zero-order valence-electron chi connectivity index (χ0n) is 14.4. The molecule has 2 rings (SSSR count). The fraction of sp³-hybridized carbons (Fsp3) is 0.500. The molecule has 0 bridgehead atoms. The summed E-state index contributed by atoms with van der Waals surface area (Å²) in [6, 6.07) is 4.86. The molecule has 0 saturated heterocycles. The first-order valence-corrected chi connectivity index (χ1v) is 8.77. The number of aromatic nitrogens is 2. The molecule has 0 saturated carbocycles. The highest BCUT2D eigenvalue weighted by atomic mass is 32.1. The van der Waals surface area contributed by atoms with Gasteiger partial charge in [0.1, 0.15) is 0 Å². The monoisotopic (exact) mass is 390 g/mol. The number of aliphatic hydroxyl groups excluding tert-OH is 2. The quantitative estimate of drug-likeness (QED) is 0.643. The first-order valence-electron chi connectivity index (χ1n) is 8.00. The van der Waals surface area contributed by atoms with E-state index in [-0.39, 0.29) is 6.54 Å².